The second-order valence-corrected chi connectivity index (χ2v) is 22.6. The van der Waals surface area contributed by atoms with Crippen LogP contribution in [0.15, 0.2) is 60.7 Å². The van der Waals surface area contributed by atoms with E-state index in [1.54, 1.807) is 0 Å². The zero-order chi connectivity index (χ0) is 54.5. The molecule has 0 amide bonds. The minimum Gasteiger partial charge on any atom is -0.355 e. The average Bonchev–Trinajstić information content (AvgIpc) is 4.41. The summed E-state index contributed by atoms with van der Waals surface area (Å²) in [5.41, 5.74) is 33.0. The topological polar surface area (TPSA) is 115 Å². The molecule has 78 heavy (non-hydrogen) atoms. The van der Waals surface area contributed by atoms with Gasteiger partial charge >= 0.3 is 0 Å². The number of hydrogen-bond acceptors (Lipinski definition) is 4. The van der Waals surface area contributed by atoms with Crippen molar-refractivity contribution in [1.29, 1.82) is 0 Å². The quantitative estimate of drug-likeness (QED) is 0.0772. The van der Waals surface area contributed by atoms with Gasteiger partial charge in [0.15, 0.2) is 0 Å². The van der Waals surface area contributed by atoms with E-state index in [0.29, 0.717) is 0 Å². The number of aromatic nitrogens is 8. The molecular formula is C70H82N8. The summed E-state index contributed by atoms with van der Waals surface area (Å²) < 4.78 is 0. The van der Waals surface area contributed by atoms with Gasteiger partial charge in [0.2, 0.25) is 0 Å². The number of rotatable bonds is 16. The molecule has 0 unspecified atom stereocenters. The van der Waals surface area contributed by atoms with E-state index in [1.807, 2.05) is 0 Å². The Labute approximate surface area is 462 Å². The summed E-state index contributed by atoms with van der Waals surface area (Å²) in [7, 11) is 0. The van der Waals surface area contributed by atoms with E-state index in [0.717, 1.165) is 214 Å². The molecule has 0 fully saturated rings. The molecule has 0 spiro atoms. The van der Waals surface area contributed by atoms with E-state index in [2.05, 4.69) is 164 Å². The average molecular weight is 1040 g/mol. The molecular weight excluding hydrogens is 953 g/mol. The number of aromatic amines is 4. The van der Waals surface area contributed by atoms with Crippen LogP contribution in [0.2, 0.25) is 0 Å². The van der Waals surface area contributed by atoms with Crippen molar-refractivity contribution >= 4 is 110 Å². The third-order valence-corrected chi connectivity index (χ3v) is 17.8. The number of H-pyrrole nitrogens is 4. The van der Waals surface area contributed by atoms with Gasteiger partial charge in [-0.1, -0.05) is 81.1 Å². The van der Waals surface area contributed by atoms with Gasteiger partial charge in [-0.05, 0) is 232 Å². The third-order valence-electron chi connectivity index (χ3n) is 17.8. The molecule has 402 valence electrons. The molecule has 4 aliphatic rings. The van der Waals surface area contributed by atoms with E-state index < -0.39 is 0 Å². The number of nitrogens with one attached hydrogen (secondary N) is 4. The number of nitrogens with zero attached hydrogens (tertiary/aromatic N) is 4. The summed E-state index contributed by atoms with van der Waals surface area (Å²) >= 11 is 0. The number of benzene rings is 1. The molecule has 8 nitrogen and oxygen atoms in total. The standard InChI is InChI=1S/C70H82N8/c1-13-21-25-47-41(11)57-33-67-51-29-53-54(30-52(51)68(77-67)34-58-42(12)48(26-22-14-2)64(74-58)36-62-46(20-8)45(19-7)61(76-62)35-63(47)73-57)70-38-66-50(28-24-16-4)40(10)56(72-66)32-60-44(18-6)43(17-5)59(75-60)31-55-39(9)49(27-23-15-3)65(71-55)37-69(53)78-70/h29-38,75-78H,13-28H2,1-12H3. The monoisotopic (exact) mass is 1030 g/mol. The lowest BCUT2D eigenvalue weighted by molar-refractivity contribution is 0.824. The number of unbranched alkanes of at least 4 members (excludes halogenated alkanes) is 4. The van der Waals surface area contributed by atoms with Crippen molar-refractivity contribution in [3.63, 3.8) is 0 Å². The molecule has 0 aliphatic carbocycles. The van der Waals surface area contributed by atoms with Crippen molar-refractivity contribution in [2.75, 3.05) is 0 Å². The highest BCUT2D eigenvalue weighted by Gasteiger charge is 2.24. The number of aryl methyl sites for hydroxylation is 4. The minimum atomic E-state index is 0.940. The number of fused-ring (bicyclic) bond motifs is 22. The molecule has 16 bridgehead atoms. The predicted octanol–water partition coefficient (Wildman–Crippen LogP) is 20.0. The van der Waals surface area contributed by atoms with E-state index in [9.17, 15) is 0 Å². The summed E-state index contributed by atoms with van der Waals surface area (Å²) in [6, 6.07) is 23.5. The minimum absolute atomic E-state index is 0.940. The first-order valence-corrected chi connectivity index (χ1v) is 30.0. The zero-order valence-electron chi connectivity index (χ0n) is 48.9. The van der Waals surface area contributed by atoms with Gasteiger partial charge in [0.25, 0.3) is 0 Å². The van der Waals surface area contributed by atoms with Crippen molar-refractivity contribution in [3.05, 3.63) is 128 Å². The van der Waals surface area contributed by atoms with Gasteiger partial charge < -0.3 is 19.9 Å². The smallest absolute Gasteiger partial charge is 0.0693 e. The predicted molar refractivity (Wildman–Crippen MR) is 336 cm³/mol. The molecule has 8 heteroatoms. The Hall–Kier alpha value is -7.06. The van der Waals surface area contributed by atoms with Crippen LogP contribution in [0.1, 0.15) is 228 Å². The molecule has 4 aliphatic heterocycles. The van der Waals surface area contributed by atoms with Gasteiger partial charge in [-0.2, -0.15) is 0 Å². The molecule has 0 saturated carbocycles. The normalized spacial score (nSPS) is 14.0. The lowest BCUT2D eigenvalue weighted by Gasteiger charge is -2.04. The van der Waals surface area contributed by atoms with Crippen molar-refractivity contribution < 1.29 is 0 Å². The highest BCUT2D eigenvalue weighted by molar-refractivity contribution is 6.20. The van der Waals surface area contributed by atoms with Gasteiger partial charge in [0.05, 0.1) is 45.6 Å². The van der Waals surface area contributed by atoms with Crippen LogP contribution in [0.5, 0.6) is 0 Å². The summed E-state index contributed by atoms with van der Waals surface area (Å²) in [5.74, 6) is 0. The fraction of sp³-hybridized carbons (Fsp3) is 0.400. The summed E-state index contributed by atoms with van der Waals surface area (Å²) in [5, 5.41) is 4.62. The van der Waals surface area contributed by atoms with Crippen LogP contribution in [-0.4, -0.2) is 39.9 Å². The Bertz CT molecular complexity index is 3800. The second-order valence-electron chi connectivity index (χ2n) is 22.6. The first kappa shape index (κ1) is 53.0. The second kappa shape index (κ2) is 22.0. The van der Waals surface area contributed by atoms with E-state index in [4.69, 9.17) is 19.9 Å². The molecule has 0 radical (unpaired) electrons. The Morgan fingerprint density at radius 2 is 0.474 bits per heavy atom. The number of hydrogen-bond donors (Lipinski definition) is 4. The molecule has 0 saturated heterocycles. The Morgan fingerprint density at radius 1 is 0.269 bits per heavy atom. The van der Waals surface area contributed by atoms with Crippen molar-refractivity contribution in [2.24, 2.45) is 0 Å². The largest absolute Gasteiger partial charge is 0.355 e. The first-order chi connectivity index (χ1) is 37.9. The highest BCUT2D eigenvalue weighted by atomic mass is 14.8. The Balaban J connectivity index is 1.30. The molecule has 6 aromatic heterocycles. The number of allylic oxidation sites excluding steroid dienone is 8. The maximum absolute atomic E-state index is 5.57. The van der Waals surface area contributed by atoms with E-state index >= 15 is 0 Å². The van der Waals surface area contributed by atoms with Gasteiger partial charge in [0, 0.05) is 65.7 Å². The van der Waals surface area contributed by atoms with Crippen LogP contribution in [-0.2, 0) is 25.7 Å². The van der Waals surface area contributed by atoms with Gasteiger partial charge in [-0.15, -0.1) is 0 Å². The lowest BCUT2D eigenvalue weighted by Crippen LogP contribution is -1.88. The fourth-order valence-corrected chi connectivity index (χ4v) is 13.2. The van der Waals surface area contributed by atoms with Crippen LogP contribution < -0.4 is 0 Å². The zero-order valence-corrected chi connectivity index (χ0v) is 48.9. The van der Waals surface area contributed by atoms with Crippen LogP contribution in [0, 0.1) is 0 Å². The third kappa shape index (κ3) is 9.30. The van der Waals surface area contributed by atoms with Crippen LogP contribution in [0.3, 0.4) is 0 Å². The van der Waals surface area contributed by atoms with Gasteiger partial charge in [0.1, 0.15) is 0 Å². The lowest BCUT2D eigenvalue weighted by atomic mass is 9.98. The highest BCUT2D eigenvalue weighted by Crippen LogP contribution is 2.43. The maximum Gasteiger partial charge on any atom is 0.0693 e. The Morgan fingerprint density at radius 3 is 0.705 bits per heavy atom. The maximum atomic E-state index is 5.57. The van der Waals surface area contributed by atoms with Crippen LogP contribution >= 0.6 is 0 Å². The first-order valence-electron chi connectivity index (χ1n) is 30.0. The summed E-state index contributed by atoms with van der Waals surface area (Å²) in [4.78, 5) is 38.2. The van der Waals surface area contributed by atoms with Gasteiger partial charge in [-0.3, -0.25) is 0 Å². The SMILES string of the molecule is CCCCC1=C(C)c2cc3[nH]c(cc4nc(cc5[nH]c(cc1n2)c(CC)c5CC)C(CCCC)=C4C)c1cc2c4cc5nc(cc6[nH]c(cc7nc(cc([nH]4)c2cc31)C(CCCC)=C7C)c(CC)c6CC)C(C)=C5CCCC. The van der Waals surface area contributed by atoms with Crippen molar-refractivity contribution in [1.82, 2.24) is 39.9 Å². The Kier molecular flexibility index (Phi) is 14.9. The molecule has 0 atom stereocenters. The molecule has 7 aromatic rings. The molecule has 1 aromatic carbocycles. The van der Waals surface area contributed by atoms with E-state index in [1.165, 1.54) is 66.8 Å². The molecule has 10 heterocycles. The van der Waals surface area contributed by atoms with Crippen molar-refractivity contribution in [3.8, 4) is 0 Å². The van der Waals surface area contributed by atoms with Crippen LogP contribution in [0.4, 0.5) is 0 Å². The molecule has 4 N–H and O–H groups in total. The fourth-order valence-electron chi connectivity index (χ4n) is 13.2. The van der Waals surface area contributed by atoms with Crippen LogP contribution in [0.25, 0.3) is 110 Å². The summed E-state index contributed by atoms with van der Waals surface area (Å²) in [6.45, 7) is 27.4. The van der Waals surface area contributed by atoms with Crippen molar-refractivity contribution in [2.45, 2.75) is 186 Å². The van der Waals surface area contributed by atoms with E-state index in [-0.39, 0.29) is 0 Å². The van der Waals surface area contributed by atoms with Gasteiger partial charge in [-0.25, -0.2) is 19.9 Å². The summed E-state index contributed by atoms with van der Waals surface area (Å²) in [6.07, 6.45) is 16.6. The molecule has 11 rings (SSSR count).